The van der Waals surface area contributed by atoms with Crippen molar-refractivity contribution in [2.75, 3.05) is 28.4 Å². The Morgan fingerprint density at radius 3 is 1.84 bits per heavy atom. The van der Waals surface area contributed by atoms with Gasteiger partial charge in [0, 0.05) is 0 Å². The van der Waals surface area contributed by atoms with E-state index >= 15 is 0 Å². The minimum atomic E-state index is 0.568. The number of hydrogen-bond donors (Lipinski definition) is 0. The molecule has 0 spiro atoms. The Labute approximate surface area is 149 Å². The van der Waals surface area contributed by atoms with Crippen LogP contribution in [0.25, 0.3) is 11.6 Å². The highest BCUT2D eigenvalue weighted by Crippen LogP contribution is 2.40. The van der Waals surface area contributed by atoms with E-state index in [2.05, 4.69) is 12.7 Å². The topological polar surface area (TPSA) is 36.9 Å². The van der Waals surface area contributed by atoms with Gasteiger partial charge >= 0.3 is 0 Å². The summed E-state index contributed by atoms with van der Waals surface area (Å²) >= 11 is 0. The summed E-state index contributed by atoms with van der Waals surface area (Å²) in [7, 11) is 6.44. The van der Waals surface area contributed by atoms with Gasteiger partial charge in [0.2, 0.25) is 5.75 Å². The van der Waals surface area contributed by atoms with Crippen LogP contribution < -0.4 is 18.9 Å². The van der Waals surface area contributed by atoms with Crippen LogP contribution in [0, 0.1) is 0 Å². The fourth-order valence-electron chi connectivity index (χ4n) is 2.52. The fraction of sp³-hybridized carbons (Fsp3) is 0.238. The predicted molar refractivity (Wildman–Crippen MR) is 102 cm³/mol. The minimum absolute atomic E-state index is 0.568. The van der Waals surface area contributed by atoms with E-state index in [9.17, 15) is 0 Å². The zero-order chi connectivity index (χ0) is 18.4. The van der Waals surface area contributed by atoms with Crippen molar-refractivity contribution in [2.24, 2.45) is 0 Å². The van der Waals surface area contributed by atoms with Crippen molar-refractivity contribution < 1.29 is 18.9 Å². The summed E-state index contributed by atoms with van der Waals surface area (Å²) in [6, 6.07) is 11.7. The highest BCUT2D eigenvalue weighted by molar-refractivity contribution is 5.84. The first-order valence-electron chi connectivity index (χ1n) is 7.86. The summed E-state index contributed by atoms with van der Waals surface area (Å²) in [6.07, 6.45) is 2.07. The molecule has 2 aromatic carbocycles. The molecule has 0 saturated heterocycles. The summed E-state index contributed by atoms with van der Waals surface area (Å²) in [5.74, 6) is 2.61. The third kappa shape index (κ3) is 4.15. The van der Waals surface area contributed by atoms with E-state index in [1.54, 1.807) is 28.4 Å². The molecule has 2 rings (SSSR count). The molecule has 4 heteroatoms. The van der Waals surface area contributed by atoms with Crippen LogP contribution in [0.2, 0.25) is 0 Å². The first-order chi connectivity index (χ1) is 12.0. The van der Waals surface area contributed by atoms with Crippen LogP contribution in [-0.4, -0.2) is 28.4 Å². The zero-order valence-electron chi connectivity index (χ0n) is 15.4. The molecular formula is C21H24O4. The molecule has 0 aromatic heterocycles. The Morgan fingerprint density at radius 1 is 0.840 bits per heavy atom. The Kier molecular flexibility index (Phi) is 6.12. The predicted octanol–water partition coefficient (Wildman–Crippen LogP) is 4.84. The highest BCUT2D eigenvalue weighted by atomic mass is 16.5. The van der Waals surface area contributed by atoms with Gasteiger partial charge in [0.05, 0.1) is 28.4 Å². The average molecular weight is 340 g/mol. The minimum Gasteiger partial charge on any atom is -0.497 e. The number of allylic oxidation sites excluding steroid dienone is 2. The monoisotopic (exact) mass is 340 g/mol. The molecule has 0 N–H and O–H groups in total. The Bertz CT molecular complexity index is 748. The van der Waals surface area contributed by atoms with Crippen LogP contribution in [0.5, 0.6) is 23.0 Å². The second-order valence-electron chi connectivity index (χ2n) is 5.49. The number of rotatable bonds is 7. The maximum atomic E-state index is 5.41. The summed E-state index contributed by atoms with van der Waals surface area (Å²) in [4.78, 5) is 0. The lowest BCUT2D eigenvalue weighted by Gasteiger charge is -2.15. The second kappa shape index (κ2) is 8.29. The van der Waals surface area contributed by atoms with Crippen LogP contribution in [0.3, 0.4) is 0 Å². The molecule has 4 nitrogen and oxygen atoms in total. The maximum Gasteiger partial charge on any atom is 0.203 e. The van der Waals surface area contributed by atoms with Gasteiger partial charge in [-0.3, -0.25) is 0 Å². The first kappa shape index (κ1) is 18.5. The van der Waals surface area contributed by atoms with Gasteiger partial charge in [0.15, 0.2) is 11.5 Å². The van der Waals surface area contributed by atoms with Gasteiger partial charge in [-0.25, -0.2) is 0 Å². The van der Waals surface area contributed by atoms with Gasteiger partial charge in [-0.1, -0.05) is 24.8 Å². The molecule has 0 saturated carbocycles. The standard InChI is InChI=1S/C21H24O4/c1-14(11-16-7-9-18(22-3)10-8-16)15(2)17-12-19(23-4)21(25-6)20(13-17)24-5/h7-13H,2H2,1,3-6H3/b14-11+. The molecule has 0 aliphatic rings. The summed E-state index contributed by atoms with van der Waals surface area (Å²) in [6.45, 7) is 6.24. The molecule has 0 fully saturated rings. The smallest absolute Gasteiger partial charge is 0.203 e. The molecule has 132 valence electrons. The van der Waals surface area contributed by atoms with E-state index < -0.39 is 0 Å². The molecule has 0 amide bonds. The van der Waals surface area contributed by atoms with E-state index in [0.717, 1.165) is 28.0 Å². The van der Waals surface area contributed by atoms with Crippen molar-refractivity contribution in [1.29, 1.82) is 0 Å². The summed E-state index contributed by atoms with van der Waals surface area (Å²) in [5, 5.41) is 0. The summed E-state index contributed by atoms with van der Waals surface area (Å²) < 4.78 is 21.4. The van der Waals surface area contributed by atoms with Crippen molar-refractivity contribution in [3.63, 3.8) is 0 Å². The van der Waals surface area contributed by atoms with E-state index in [-0.39, 0.29) is 0 Å². The highest BCUT2D eigenvalue weighted by Gasteiger charge is 2.15. The van der Waals surface area contributed by atoms with Gasteiger partial charge in [0.1, 0.15) is 5.75 Å². The van der Waals surface area contributed by atoms with Gasteiger partial charge in [-0.15, -0.1) is 0 Å². The third-order valence-electron chi connectivity index (χ3n) is 3.99. The van der Waals surface area contributed by atoms with Gasteiger partial charge in [-0.2, -0.15) is 0 Å². The van der Waals surface area contributed by atoms with E-state index in [4.69, 9.17) is 18.9 Å². The Hall–Kier alpha value is -2.88. The van der Waals surface area contributed by atoms with Crippen molar-refractivity contribution >= 4 is 11.6 Å². The fourth-order valence-corrected chi connectivity index (χ4v) is 2.52. The van der Waals surface area contributed by atoms with Crippen LogP contribution in [-0.2, 0) is 0 Å². The molecule has 0 radical (unpaired) electrons. The van der Waals surface area contributed by atoms with Gasteiger partial charge < -0.3 is 18.9 Å². The lowest BCUT2D eigenvalue weighted by Crippen LogP contribution is -1.97. The lowest BCUT2D eigenvalue weighted by molar-refractivity contribution is 0.324. The molecule has 0 heterocycles. The second-order valence-corrected chi connectivity index (χ2v) is 5.49. The molecule has 0 aliphatic carbocycles. The van der Waals surface area contributed by atoms with Crippen LogP contribution in [0.4, 0.5) is 0 Å². The number of benzene rings is 2. The maximum absolute atomic E-state index is 5.41. The molecule has 0 bridgehead atoms. The van der Waals surface area contributed by atoms with Crippen molar-refractivity contribution in [2.45, 2.75) is 6.92 Å². The normalized spacial score (nSPS) is 11.0. The van der Waals surface area contributed by atoms with Crippen LogP contribution >= 0.6 is 0 Å². The van der Waals surface area contributed by atoms with Crippen molar-refractivity contribution in [3.05, 3.63) is 59.7 Å². The molecule has 0 aliphatic heterocycles. The SMILES string of the molecule is C=C(/C(C)=C/c1ccc(OC)cc1)c1cc(OC)c(OC)c(OC)c1. The number of hydrogen-bond acceptors (Lipinski definition) is 4. The lowest BCUT2D eigenvalue weighted by atomic mass is 9.98. The van der Waals surface area contributed by atoms with Crippen LogP contribution in [0.1, 0.15) is 18.1 Å². The summed E-state index contributed by atoms with van der Waals surface area (Å²) in [5.41, 5.74) is 3.91. The zero-order valence-corrected chi connectivity index (χ0v) is 15.4. The molecule has 25 heavy (non-hydrogen) atoms. The first-order valence-corrected chi connectivity index (χ1v) is 7.86. The largest absolute Gasteiger partial charge is 0.497 e. The van der Waals surface area contributed by atoms with E-state index in [1.165, 1.54) is 0 Å². The van der Waals surface area contributed by atoms with Crippen molar-refractivity contribution in [1.82, 2.24) is 0 Å². The molecule has 0 atom stereocenters. The molecular weight excluding hydrogens is 316 g/mol. The van der Waals surface area contributed by atoms with E-state index in [0.29, 0.717) is 17.2 Å². The molecule has 0 unspecified atom stereocenters. The number of methoxy groups -OCH3 is 4. The molecule has 2 aromatic rings. The average Bonchev–Trinajstić information content (AvgIpc) is 2.66. The quantitative estimate of drug-likeness (QED) is 0.676. The van der Waals surface area contributed by atoms with E-state index in [1.807, 2.05) is 43.3 Å². The van der Waals surface area contributed by atoms with Gasteiger partial charge in [0.25, 0.3) is 0 Å². The van der Waals surface area contributed by atoms with Gasteiger partial charge in [-0.05, 0) is 53.5 Å². The van der Waals surface area contributed by atoms with Crippen LogP contribution in [0.15, 0.2) is 48.6 Å². The van der Waals surface area contributed by atoms with Crippen molar-refractivity contribution in [3.8, 4) is 23.0 Å². The number of ether oxygens (including phenoxy) is 4. The third-order valence-corrected chi connectivity index (χ3v) is 3.99. The Balaban J connectivity index is 2.36. The Morgan fingerprint density at radius 2 is 1.40 bits per heavy atom.